The average Bonchev–Trinajstić information content (AvgIpc) is 2.24. The van der Waals surface area contributed by atoms with Gasteiger partial charge in [0.05, 0.1) is 11.1 Å². The van der Waals surface area contributed by atoms with Crippen molar-refractivity contribution < 1.29 is 9.13 Å². The summed E-state index contributed by atoms with van der Waals surface area (Å²) in [5.74, 6) is 0.146. The summed E-state index contributed by atoms with van der Waals surface area (Å²) in [7, 11) is 1.60. The van der Waals surface area contributed by atoms with Crippen LogP contribution < -0.4 is 5.73 Å². The van der Waals surface area contributed by atoms with Crippen molar-refractivity contribution >= 4 is 33.5 Å². The fourth-order valence-electron chi connectivity index (χ4n) is 1.09. The number of nitrogens with two attached hydrogens (primary N) is 1. The minimum Gasteiger partial charge on any atom is -0.384 e. The highest BCUT2D eigenvalue weighted by atomic mass is 79.9. The summed E-state index contributed by atoms with van der Waals surface area (Å²) in [6.45, 7) is 0.566. The van der Waals surface area contributed by atoms with Gasteiger partial charge in [-0.1, -0.05) is 0 Å². The molecule has 0 aromatic heterocycles. The lowest BCUT2D eigenvalue weighted by molar-refractivity contribution is 0.218. The second-order valence-corrected chi connectivity index (χ2v) is 4.92. The average molecular weight is 307 g/mol. The highest BCUT2D eigenvalue weighted by Gasteiger charge is 2.12. The van der Waals surface area contributed by atoms with Crippen LogP contribution in [0.4, 0.5) is 4.39 Å². The Bertz CT molecular complexity index is 401. The molecule has 3 N–H and O–H groups in total. The first-order valence-corrected chi connectivity index (χ1v) is 6.30. The van der Waals surface area contributed by atoms with E-state index in [2.05, 4.69) is 15.9 Å². The van der Waals surface area contributed by atoms with E-state index in [9.17, 15) is 4.39 Å². The first kappa shape index (κ1) is 13.5. The summed E-state index contributed by atoms with van der Waals surface area (Å²) in [5, 5.41) is 7.27. The third-order valence-electron chi connectivity index (χ3n) is 1.88. The van der Waals surface area contributed by atoms with Gasteiger partial charge in [-0.2, -0.15) is 0 Å². The summed E-state index contributed by atoms with van der Waals surface area (Å²) in [6, 6.07) is 3.25. The second-order valence-electron chi connectivity index (χ2n) is 2.99. The van der Waals surface area contributed by atoms with Crippen molar-refractivity contribution in [1.29, 1.82) is 5.41 Å². The van der Waals surface area contributed by atoms with Gasteiger partial charge in [0, 0.05) is 23.3 Å². The normalized spacial score (nSPS) is 10.4. The molecule has 88 valence electrons. The fraction of sp³-hybridized carbons (Fsp3) is 0.300. The standard InChI is InChI=1S/C10H12BrFN2OS/c1-15-4-5-16-7-3-2-6(10(13)14)8(11)9(7)12/h2-3H,4-5H2,1H3,(H3,13,14). The first-order valence-electron chi connectivity index (χ1n) is 4.52. The highest BCUT2D eigenvalue weighted by molar-refractivity contribution is 9.10. The van der Waals surface area contributed by atoms with E-state index in [4.69, 9.17) is 15.9 Å². The molecule has 16 heavy (non-hydrogen) atoms. The van der Waals surface area contributed by atoms with Crippen LogP contribution in [0.2, 0.25) is 0 Å². The van der Waals surface area contributed by atoms with Gasteiger partial charge in [0.25, 0.3) is 0 Å². The molecule has 0 spiro atoms. The smallest absolute Gasteiger partial charge is 0.151 e. The minimum atomic E-state index is -0.381. The number of nitrogens with one attached hydrogen (secondary N) is 1. The molecule has 0 aliphatic heterocycles. The van der Waals surface area contributed by atoms with Gasteiger partial charge < -0.3 is 10.5 Å². The Labute approximate surface area is 106 Å². The van der Waals surface area contributed by atoms with Gasteiger partial charge in [0.15, 0.2) is 5.82 Å². The fourth-order valence-corrected chi connectivity index (χ4v) is 2.64. The maximum Gasteiger partial charge on any atom is 0.151 e. The van der Waals surface area contributed by atoms with Gasteiger partial charge in [-0.05, 0) is 28.1 Å². The van der Waals surface area contributed by atoms with Crippen LogP contribution in [-0.2, 0) is 4.74 Å². The van der Waals surface area contributed by atoms with Crippen LogP contribution in [0.1, 0.15) is 5.56 Å². The number of ether oxygens (including phenoxy) is 1. The van der Waals surface area contributed by atoms with Crippen molar-refractivity contribution in [3.63, 3.8) is 0 Å². The Hall–Kier alpha value is -0.590. The number of thioether (sulfide) groups is 1. The zero-order chi connectivity index (χ0) is 12.1. The molecule has 3 nitrogen and oxygen atoms in total. The maximum absolute atomic E-state index is 13.8. The Morgan fingerprint density at radius 3 is 2.88 bits per heavy atom. The number of rotatable bonds is 5. The molecule has 0 saturated heterocycles. The van der Waals surface area contributed by atoms with Crippen LogP contribution in [0.5, 0.6) is 0 Å². The van der Waals surface area contributed by atoms with Gasteiger partial charge in [-0.25, -0.2) is 4.39 Å². The Balaban J connectivity index is 2.89. The topological polar surface area (TPSA) is 59.1 Å². The number of halogens is 2. The van der Waals surface area contributed by atoms with Gasteiger partial charge in [0.2, 0.25) is 0 Å². The minimum absolute atomic E-state index is 0.154. The largest absolute Gasteiger partial charge is 0.384 e. The molecule has 6 heteroatoms. The molecule has 0 atom stereocenters. The summed E-state index contributed by atoms with van der Waals surface area (Å²) >= 11 is 4.47. The van der Waals surface area contributed by atoms with E-state index in [0.29, 0.717) is 22.8 Å². The molecule has 0 unspecified atom stereocenters. The lowest BCUT2D eigenvalue weighted by Crippen LogP contribution is -2.12. The highest BCUT2D eigenvalue weighted by Crippen LogP contribution is 2.29. The molecule has 1 aromatic carbocycles. The van der Waals surface area contributed by atoms with Crippen molar-refractivity contribution in [2.24, 2.45) is 5.73 Å². The van der Waals surface area contributed by atoms with E-state index in [0.717, 1.165) is 0 Å². The molecule has 0 aliphatic rings. The van der Waals surface area contributed by atoms with Crippen molar-refractivity contribution in [1.82, 2.24) is 0 Å². The van der Waals surface area contributed by atoms with E-state index in [1.807, 2.05) is 0 Å². The summed E-state index contributed by atoms with van der Waals surface area (Å²) in [5.41, 5.74) is 5.68. The zero-order valence-corrected chi connectivity index (χ0v) is 11.1. The number of benzene rings is 1. The predicted molar refractivity (Wildman–Crippen MR) is 67.7 cm³/mol. The van der Waals surface area contributed by atoms with E-state index >= 15 is 0 Å². The number of nitrogen functional groups attached to an aromatic ring is 1. The van der Waals surface area contributed by atoms with Gasteiger partial charge >= 0.3 is 0 Å². The monoisotopic (exact) mass is 306 g/mol. The van der Waals surface area contributed by atoms with Gasteiger partial charge in [-0.3, -0.25) is 5.41 Å². The maximum atomic E-state index is 13.8. The summed E-state index contributed by atoms with van der Waals surface area (Å²) in [4.78, 5) is 0.522. The summed E-state index contributed by atoms with van der Waals surface area (Å²) < 4.78 is 18.9. The van der Waals surface area contributed by atoms with Crippen LogP contribution in [-0.4, -0.2) is 25.3 Å². The SMILES string of the molecule is COCCSc1ccc(C(=N)N)c(Br)c1F. The molecule has 0 fully saturated rings. The number of hydrogen-bond acceptors (Lipinski definition) is 3. The van der Waals surface area contributed by atoms with Crippen molar-refractivity contribution in [2.45, 2.75) is 4.90 Å². The molecular weight excluding hydrogens is 295 g/mol. The Morgan fingerprint density at radius 1 is 1.62 bits per heavy atom. The molecule has 0 bridgehead atoms. The third-order valence-corrected chi connectivity index (χ3v) is 3.65. The molecule has 0 heterocycles. The lowest BCUT2D eigenvalue weighted by Gasteiger charge is -2.08. The molecule has 0 saturated carbocycles. The van der Waals surface area contributed by atoms with Crippen LogP contribution in [0.25, 0.3) is 0 Å². The first-order chi connectivity index (χ1) is 7.57. The van der Waals surface area contributed by atoms with Crippen LogP contribution >= 0.6 is 27.7 Å². The summed E-state index contributed by atoms with van der Waals surface area (Å²) in [6.07, 6.45) is 0. The molecule has 0 aliphatic carbocycles. The molecule has 0 amide bonds. The lowest BCUT2D eigenvalue weighted by atomic mass is 10.2. The second kappa shape index (κ2) is 6.22. The number of hydrogen-bond donors (Lipinski definition) is 2. The number of methoxy groups -OCH3 is 1. The zero-order valence-electron chi connectivity index (χ0n) is 8.72. The van der Waals surface area contributed by atoms with Crippen LogP contribution in [0.15, 0.2) is 21.5 Å². The molecule has 1 aromatic rings. The molecular formula is C10H12BrFN2OS. The predicted octanol–water partition coefficient (Wildman–Crippen LogP) is 2.61. The van der Waals surface area contributed by atoms with Gasteiger partial charge in [-0.15, -0.1) is 11.8 Å². The van der Waals surface area contributed by atoms with Crippen LogP contribution in [0.3, 0.4) is 0 Å². The Kier molecular flexibility index (Phi) is 5.24. The quantitative estimate of drug-likeness (QED) is 0.380. The van der Waals surface area contributed by atoms with E-state index in [1.54, 1.807) is 19.2 Å². The number of amidine groups is 1. The third kappa shape index (κ3) is 3.20. The van der Waals surface area contributed by atoms with Gasteiger partial charge in [0.1, 0.15) is 5.84 Å². The van der Waals surface area contributed by atoms with E-state index in [-0.39, 0.29) is 16.1 Å². The van der Waals surface area contributed by atoms with E-state index in [1.165, 1.54) is 11.8 Å². The molecule has 0 radical (unpaired) electrons. The van der Waals surface area contributed by atoms with E-state index < -0.39 is 0 Å². The van der Waals surface area contributed by atoms with Crippen LogP contribution in [0, 0.1) is 11.2 Å². The Morgan fingerprint density at radius 2 is 2.31 bits per heavy atom. The van der Waals surface area contributed by atoms with Crippen molar-refractivity contribution in [2.75, 3.05) is 19.5 Å². The molecule has 1 rings (SSSR count). The van der Waals surface area contributed by atoms with Crippen molar-refractivity contribution in [3.05, 3.63) is 28.0 Å². The van der Waals surface area contributed by atoms with Crippen molar-refractivity contribution in [3.8, 4) is 0 Å².